The number of rotatable bonds is 24. The van der Waals surface area contributed by atoms with Gasteiger partial charge >= 0.3 is 27.1 Å². The van der Waals surface area contributed by atoms with Crippen LogP contribution in [0.2, 0.25) is 0 Å². The molecule has 12 nitrogen and oxygen atoms in total. The van der Waals surface area contributed by atoms with E-state index in [1.54, 1.807) is 18.2 Å². The van der Waals surface area contributed by atoms with Gasteiger partial charge in [0.25, 0.3) is 0 Å². The van der Waals surface area contributed by atoms with Gasteiger partial charge in [-0.2, -0.15) is 0 Å². The summed E-state index contributed by atoms with van der Waals surface area (Å²) in [6.07, 6.45) is 0. The minimum atomic E-state index is -3.57. The Balaban J connectivity index is 3.68. The summed E-state index contributed by atoms with van der Waals surface area (Å²) in [4.78, 5) is 0. The van der Waals surface area contributed by atoms with E-state index in [4.69, 9.17) is 53.1 Å². The molecule has 0 aliphatic carbocycles. The highest BCUT2D eigenvalue weighted by molar-refractivity contribution is 6.55. The molecule has 15 heteroatoms. The normalized spacial score (nSPS) is 12.5. The fourth-order valence-corrected chi connectivity index (χ4v) is 9.07. The van der Waals surface area contributed by atoms with Crippen LogP contribution in [0.15, 0.2) is 18.2 Å². The summed E-state index contributed by atoms with van der Waals surface area (Å²) in [5.41, 5.74) is 0. The monoisotopic (exact) mass is 612 g/mol. The van der Waals surface area contributed by atoms with Gasteiger partial charge in [-0.1, -0.05) is 0 Å². The van der Waals surface area contributed by atoms with E-state index in [1.807, 2.05) is 62.3 Å². The van der Waals surface area contributed by atoms with Gasteiger partial charge in [0.05, 0.1) is 0 Å². The lowest BCUT2D eigenvalue weighted by Gasteiger charge is -2.30. The molecule has 0 heterocycles. The SMILES string of the molecule is CCO[Si](OCC)(OCC)Oc1cc(O[Si](OCC)(OCC)OCC)cc(O[Si](OCC)(OCC)OCC)c1. The van der Waals surface area contributed by atoms with Gasteiger partial charge in [0.1, 0.15) is 17.2 Å². The lowest BCUT2D eigenvalue weighted by atomic mass is 10.3. The van der Waals surface area contributed by atoms with Crippen molar-refractivity contribution >= 4 is 27.1 Å². The summed E-state index contributed by atoms with van der Waals surface area (Å²) in [5.74, 6) is 0.929. The predicted octanol–water partition coefficient (Wildman–Crippen LogP) is 4.46. The second kappa shape index (κ2) is 19.1. The highest BCUT2D eigenvalue weighted by Gasteiger charge is 2.51. The van der Waals surface area contributed by atoms with E-state index in [2.05, 4.69) is 0 Å². The van der Waals surface area contributed by atoms with Crippen LogP contribution < -0.4 is 13.3 Å². The maximum Gasteiger partial charge on any atom is 0.749 e. The van der Waals surface area contributed by atoms with Crippen LogP contribution in [0.3, 0.4) is 0 Å². The zero-order valence-electron chi connectivity index (χ0n) is 25.0. The van der Waals surface area contributed by atoms with Gasteiger partial charge in [0.15, 0.2) is 0 Å². The third-order valence-electron chi connectivity index (χ3n) is 4.47. The van der Waals surface area contributed by atoms with E-state index < -0.39 is 27.1 Å². The molecule has 0 fully saturated rings. The Hall–Kier alpha value is -1.09. The molecule has 0 spiro atoms. The molecule has 0 amide bonds. The minimum absolute atomic E-state index is 0.310. The van der Waals surface area contributed by atoms with Crippen LogP contribution in [0.4, 0.5) is 0 Å². The van der Waals surface area contributed by atoms with Crippen LogP contribution in [-0.4, -0.2) is 86.6 Å². The molecule has 228 valence electrons. The predicted molar refractivity (Wildman–Crippen MR) is 150 cm³/mol. The maximum absolute atomic E-state index is 6.29. The summed E-state index contributed by atoms with van der Waals surface area (Å²) in [7, 11) is -10.7. The van der Waals surface area contributed by atoms with Crippen LogP contribution in [0.25, 0.3) is 0 Å². The third-order valence-corrected chi connectivity index (χ3v) is 11.7. The Morgan fingerprint density at radius 1 is 0.333 bits per heavy atom. The van der Waals surface area contributed by atoms with Crippen molar-refractivity contribution in [2.24, 2.45) is 0 Å². The molecule has 0 radical (unpaired) electrons. The Morgan fingerprint density at radius 2 is 0.487 bits per heavy atom. The summed E-state index contributed by atoms with van der Waals surface area (Å²) >= 11 is 0. The minimum Gasteiger partial charge on any atom is -0.480 e. The average molecular weight is 613 g/mol. The van der Waals surface area contributed by atoms with Gasteiger partial charge in [-0.05, 0) is 62.3 Å². The zero-order valence-corrected chi connectivity index (χ0v) is 28.0. The number of benzene rings is 1. The quantitative estimate of drug-likeness (QED) is 0.154. The zero-order chi connectivity index (χ0) is 29.2. The van der Waals surface area contributed by atoms with E-state index in [0.717, 1.165) is 0 Å². The average Bonchev–Trinajstić information content (AvgIpc) is 2.85. The molecule has 0 saturated carbocycles. The van der Waals surface area contributed by atoms with E-state index in [-0.39, 0.29) is 0 Å². The number of hydrogen-bond acceptors (Lipinski definition) is 12. The van der Waals surface area contributed by atoms with Crippen molar-refractivity contribution < 1.29 is 53.1 Å². The van der Waals surface area contributed by atoms with Crippen LogP contribution >= 0.6 is 0 Å². The standard InChI is InChI=1S/C24H48O12Si3/c1-10-25-37(26-11-2,27-12-3)34-22-19-23(35-38(28-13-4,29-14-5)30-15-6)21-24(20-22)36-39(31-16-7,32-17-8)33-18-9/h19-21H,10-18H2,1-9H3. The first-order valence-electron chi connectivity index (χ1n) is 13.8. The van der Waals surface area contributed by atoms with Crippen molar-refractivity contribution in [1.29, 1.82) is 0 Å². The fraction of sp³-hybridized carbons (Fsp3) is 0.750. The third kappa shape index (κ3) is 11.7. The van der Waals surface area contributed by atoms with Crippen molar-refractivity contribution in [2.45, 2.75) is 62.3 Å². The maximum atomic E-state index is 6.29. The second-order valence-electron chi connectivity index (χ2n) is 7.34. The Kier molecular flexibility index (Phi) is 17.6. The first kappa shape index (κ1) is 35.9. The molecule has 1 rings (SSSR count). The molecule has 1 aromatic carbocycles. The molecular weight excluding hydrogens is 565 g/mol. The van der Waals surface area contributed by atoms with Crippen molar-refractivity contribution in [2.75, 3.05) is 59.5 Å². The highest BCUT2D eigenvalue weighted by atomic mass is 28.4. The Labute approximate surface area is 237 Å². The van der Waals surface area contributed by atoms with Gasteiger partial charge in [-0.25, -0.2) is 0 Å². The molecule has 0 bridgehead atoms. The molecule has 0 atom stereocenters. The summed E-state index contributed by atoms with van der Waals surface area (Å²) in [6.45, 7) is 19.5. The molecule has 0 N–H and O–H groups in total. The van der Waals surface area contributed by atoms with E-state index in [1.165, 1.54) is 0 Å². The van der Waals surface area contributed by atoms with Crippen molar-refractivity contribution in [1.82, 2.24) is 0 Å². The van der Waals surface area contributed by atoms with E-state index in [0.29, 0.717) is 76.7 Å². The summed E-state index contributed by atoms with van der Waals surface area (Å²) < 4.78 is 71.9. The molecule has 0 unspecified atom stereocenters. The summed E-state index contributed by atoms with van der Waals surface area (Å²) in [6, 6.07) is 4.95. The lowest BCUT2D eigenvalue weighted by Crippen LogP contribution is -2.53. The van der Waals surface area contributed by atoms with Crippen molar-refractivity contribution in [3.05, 3.63) is 18.2 Å². The van der Waals surface area contributed by atoms with E-state index >= 15 is 0 Å². The van der Waals surface area contributed by atoms with Crippen LogP contribution in [-0.2, 0) is 39.8 Å². The first-order chi connectivity index (χ1) is 18.8. The van der Waals surface area contributed by atoms with Gasteiger partial charge in [0.2, 0.25) is 0 Å². The molecule has 39 heavy (non-hydrogen) atoms. The van der Waals surface area contributed by atoms with Crippen LogP contribution in [0.1, 0.15) is 62.3 Å². The number of hydrogen-bond donors (Lipinski definition) is 0. The Bertz CT molecular complexity index is 625. The van der Waals surface area contributed by atoms with Crippen LogP contribution in [0.5, 0.6) is 17.2 Å². The lowest BCUT2D eigenvalue weighted by molar-refractivity contribution is 0.00749. The van der Waals surface area contributed by atoms with Gasteiger partial charge in [0, 0.05) is 77.7 Å². The Morgan fingerprint density at radius 3 is 0.615 bits per heavy atom. The van der Waals surface area contributed by atoms with Crippen LogP contribution in [0, 0.1) is 0 Å². The van der Waals surface area contributed by atoms with Gasteiger partial charge < -0.3 is 53.1 Å². The first-order valence-corrected chi connectivity index (χ1v) is 18.7. The largest absolute Gasteiger partial charge is 0.749 e. The van der Waals surface area contributed by atoms with Crippen molar-refractivity contribution in [3.63, 3.8) is 0 Å². The molecule has 0 aliphatic rings. The molecular formula is C24H48O12Si3. The second-order valence-corrected chi connectivity index (χ2v) is 13.6. The molecule has 1 aromatic rings. The summed E-state index contributed by atoms with van der Waals surface area (Å²) in [5, 5.41) is 0. The van der Waals surface area contributed by atoms with Gasteiger partial charge in [-0.3, -0.25) is 0 Å². The molecule has 0 aromatic heterocycles. The smallest absolute Gasteiger partial charge is 0.480 e. The highest BCUT2D eigenvalue weighted by Crippen LogP contribution is 2.34. The molecule has 0 aliphatic heterocycles. The molecule has 0 saturated heterocycles. The van der Waals surface area contributed by atoms with Gasteiger partial charge in [-0.15, -0.1) is 0 Å². The topological polar surface area (TPSA) is 111 Å². The van der Waals surface area contributed by atoms with E-state index in [9.17, 15) is 0 Å². The fourth-order valence-electron chi connectivity index (χ4n) is 3.39. The van der Waals surface area contributed by atoms with Crippen molar-refractivity contribution in [3.8, 4) is 17.2 Å².